The fourth-order valence-corrected chi connectivity index (χ4v) is 3.19. The van der Waals surface area contributed by atoms with Crippen LogP contribution >= 0.6 is 11.6 Å². The summed E-state index contributed by atoms with van der Waals surface area (Å²) in [6.45, 7) is 6.23. The van der Waals surface area contributed by atoms with E-state index in [9.17, 15) is 9.18 Å². The number of rotatable bonds is 4. The zero-order valence-electron chi connectivity index (χ0n) is 17.3. The number of carbonyl (C=O) groups is 1. The Morgan fingerprint density at radius 1 is 1.26 bits per heavy atom. The van der Waals surface area contributed by atoms with Crippen LogP contribution in [0.15, 0.2) is 36.7 Å². The quantitative estimate of drug-likeness (QED) is 0.596. The molecule has 0 saturated carbocycles. The molecule has 3 heterocycles. The van der Waals surface area contributed by atoms with Gasteiger partial charge in [0.2, 0.25) is 0 Å². The summed E-state index contributed by atoms with van der Waals surface area (Å²) in [4.78, 5) is 22.3. The first-order valence-electron chi connectivity index (χ1n) is 9.63. The minimum absolute atomic E-state index is 0.0348. The lowest BCUT2D eigenvalue weighted by atomic mass is 10.2. The number of carbonyl (C=O) groups excluding carboxylic acids is 1. The van der Waals surface area contributed by atoms with E-state index in [1.807, 2.05) is 27.0 Å². The van der Waals surface area contributed by atoms with Crippen molar-refractivity contribution in [2.45, 2.75) is 46.1 Å². The van der Waals surface area contributed by atoms with Gasteiger partial charge in [-0.1, -0.05) is 17.7 Å². The molecule has 0 bridgehead atoms. The molecule has 1 aliphatic rings. The number of benzene rings is 1. The Bertz CT molecular complexity index is 1100. The van der Waals surface area contributed by atoms with Crippen LogP contribution < -0.4 is 4.74 Å². The van der Waals surface area contributed by atoms with Crippen LogP contribution in [0.25, 0.3) is 5.82 Å². The molecule has 0 unspecified atom stereocenters. The van der Waals surface area contributed by atoms with Crippen LogP contribution in [-0.4, -0.2) is 36.3 Å². The first-order chi connectivity index (χ1) is 14.7. The van der Waals surface area contributed by atoms with Crippen molar-refractivity contribution in [3.05, 3.63) is 64.3 Å². The molecule has 0 aliphatic carbocycles. The zero-order valence-corrected chi connectivity index (χ0v) is 18.1. The molecule has 0 atom stereocenters. The van der Waals surface area contributed by atoms with Crippen molar-refractivity contribution >= 4 is 17.7 Å². The Balaban J connectivity index is 1.43. The van der Waals surface area contributed by atoms with Gasteiger partial charge in [-0.05, 0) is 32.9 Å². The summed E-state index contributed by atoms with van der Waals surface area (Å²) in [7, 11) is 0. The summed E-state index contributed by atoms with van der Waals surface area (Å²) in [6, 6.07) is 6.15. The number of hydrogen-bond donors (Lipinski definition) is 0. The largest absolute Gasteiger partial charge is 0.458 e. The van der Waals surface area contributed by atoms with Gasteiger partial charge in [0, 0.05) is 34.6 Å². The monoisotopic (exact) mass is 445 g/mol. The summed E-state index contributed by atoms with van der Waals surface area (Å²) in [5, 5.41) is 4.84. The maximum absolute atomic E-state index is 13.9. The summed E-state index contributed by atoms with van der Waals surface area (Å²) >= 11 is 5.76. The number of fused-ring (bicyclic) bond motifs is 1. The van der Waals surface area contributed by atoms with Gasteiger partial charge >= 0.3 is 12.1 Å². The average Bonchev–Trinajstić information content (AvgIpc) is 3.26. The van der Waals surface area contributed by atoms with E-state index in [-0.39, 0.29) is 18.7 Å². The summed E-state index contributed by atoms with van der Waals surface area (Å²) in [5.41, 5.74) is 1.48. The highest BCUT2D eigenvalue weighted by Crippen LogP contribution is 2.25. The van der Waals surface area contributed by atoms with Gasteiger partial charge in [-0.2, -0.15) is 10.1 Å². The van der Waals surface area contributed by atoms with Crippen LogP contribution in [-0.2, 0) is 24.4 Å². The van der Waals surface area contributed by atoms with Crippen LogP contribution in [0.5, 0.6) is 6.01 Å². The molecule has 3 aromatic rings. The van der Waals surface area contributed by atoms with Crippen molar-refractivity contribution in [3.8, 4) is 11.8 Å². The fourth-order valence-electron chi connectivity index (χ4n) is 3.04. The maximum atomic E-state index is 13.9. The first kappa shape index (κ1) is 21.0. The summed E-state index contributed by atoms with van der Waals surface area (Å²) < 4.78 is 26.5. The second-order valence-corrected chi connectivity index (χ2v) is 8.54. The van der Waals surface area contributed by atoms with Crippen molar-refractivity contribution < 1.29 is 18.7 Å². The van der Waals surface area contributed by atoms with Gasteiger partial charge < -0.3 is 9.47 Å². The molecule has 1 aromatic carbocycles. The third-order valence-electron chi connectivity index (χ3n) is 4.46. The molecule has 1 aliphatic heterocycles. The molecule has 0 radical (unpaired) electrons. The molecule has 4 rings (SSSR count). The fraction of sp³-hybridized carbons (Fsp3) is 0.333. The van der Waals surface area contributed by atoms with E-state index in [2.05, 4.69) is 15.1 Å². The lowest BCUT2D eigenvalue weighted by Gasteiger charge is -2.24. The number of hydrogen-bond acceptors (Lipinski definition) is 6. The Morgan fingerprint density at radius 3 is 2.77 bits per heavy atom. The van der Waals surface area contributed by atoms with E-state index in [1.165, 1.54) is 12.3 Å². The van der Waals surface area contributed by atoms with Gasteiger partial charge in [-0.25, -0.2) is 18.9 Å². The lowest BCUT2D eigenvalue weighted by molar-refractivity contribution is 0.0239. The lowest BCUT2D eigenvalue weighted by Crippen LogP contribution is -2.33. The van der Waals surface area contributed by atoms with Gasteiger partial charge in [0.1, 0.15) is 18.0 Å². The second-order valence-electron chi connectivity index (χ2n) is 8.10. The molecule has 2 aromatic heterocycles. The van der Waals surface area contributed by atoms with E-state index < -0.39 is 11.4 Å². The van der Waals surface area contributed by atoms with Crippen molar-refractivity contribution in [2.75, 3.05) is 0 Å². The predicted molar refractivity (Wildman–Crippen MR) is 110 cm³/mol. The molecule has 8 nitrogen and oxygen atoms in total. The molecule has 0 fully saturated rings. The molecule has 1 amide bonds. The summed E-state index contributed by atoms with van der Waals surface area (Å²) in [5.74, 6) is 0.0430. The first-order valence-corrected chi connectivity index (χ1v) is 10.0. The van der Waals surface area contributed by atoms with E-state index in [0.29, 0.717) is 29.5 Å². The molecule has 162 valence electrons. The molecule has 0 spiro atoms. The normalized spacial score (nSPS) is 13.3. The van der Waals surface area contributed by atoms with E-state index in [1.54, 1.807) is 27.8 Å². The minimum Gasteiger partial charge on any atom is -0.458 e. The van der Waals surface area contributed by atoms with Gasteiger partial charge in [0.25, 0.3) is 0 Å². The standard InChI is InChI=1S/C21H21ClFN5O3/c1-21(2,3)31-20(29)27-9-14-10-28(26-17(14)11-27)18-6-7-24-19(25-18)30-12-13-4-5-15(22)8-16(13)23/h4-8,10H,9,11-12H2,1-3H3. The van der Waals surface area contributed by atoms with Gasteiger partial charge in [-0.3, -0.25) is 4.90 Å². The van der Waals surface area contributed by atoms with Crippen molar-refractivity contribution in [1.82, 2.24) is 24.6 Å². The van der Waals surface area contributed by atoms with E-state index >= 15 is 0 Å². The maximum Gasteiger partial charge on any atom is 0.410 e. The van der Waals surface area contributed by atoms with Gasteiger partial charge in [0.15, 0.2) is 5.82 Å². The summed E-state index contributed by atoms with van der Waals surface area (Å²) in [6.07, 6.45) is 2.98. The van der Waals surface area contributed by atoms with Crippen LogP contribution in [0.2, 0.25) is 5.02 Å². The minimum atomic E-state index is -0.552. The highest BCUT2D eigenvalue weighted by Gasteiger charge is 2.30. The SMILES string of the molecule is CC(C)(C)OC(=O)N1Cc2cn(-c3ccnc(OCc4ccc(Cl)cc4F)n3)nc2C1. The molecule has 31 heavy (non-hydrogen) atoms. The highest BCUT2D eigenvalue weighted by molar-refractivity contribution is 6.30. The number of amides is 1. The van der Waals surface area contributed by atoms with Gasteiger partial charge in [-0.15, -0.1) is 0 Å². The molecular formula is C21H21ClFN5O3. The topological polar surface area (TPSA) is 82.4 Å². The average molecular weight is 446 g/mol. The zero-order chi connectivity index (χ0) is 22.2. The predicted octanol–water partition coefficient (Wildman–Crippen LogP) is 4.28. The molecular weight excluding hydrogens is 425 g/mol. The Morgan fingerprint density at radius 2 is 2.06 bits per heavy atom. The number of halogens is 2. The Kier molecular flexibility index (Phi) is 5.53. The number of nitrogens with zero attached hydrogens (tertiary/aromatic N) is 5. The van der Waals surface area contributed by atoms with E-state index in [4.69, 9.17) is 21.1 Å². The Labute approximate surface area is 183 Å². The molecule has 0 saturated heterocycles. The van der Waals surface area contributed by atoms with E-state index in [0.717, 1.165) is 11.3 Å². The third kappa shape index (κ3) is 4.93. The molecule has 0 N–H and O–H groups in total. The highest BCUT2D eigenvalue weighted by atomic mass is 35.5. The smallest absolute Gasteiger partial charge is 0.410 e. The van der Waals surface area contributed by atoms with Crippen LogP contribution in [0, 0.1) is 5.82 Å². The van der Waals surface area contributed by atoms with Crippen LogP contribution in [0.4, 0.5) is 9.18 Å². The van der Waals surface area contributed by atoms with Crippen molar-refractivity contribution in [1.29, 1.82) is 0 Å². The van der Waals surface area contributed by atoms with Crippen LogP contribution in [0.3, 0.4) is 0 Å². The second kappa shape index (κ2) is 8.14. The van der Waals surface area contributed by atoms with Gasteiger partial charge in [0.05, 0.1) is 18.8 Å². The van der Waals surface area contributed by atoms with Crippen LogP contribution in [0.1, 0.15) is 37.6 Å². The third-order valence-corrected chi connectivity index (χ3v) is 4.69. The Hall–Kier alpha value is -3.20. The number of aromatic nitrogens is 4. The molecule has 10 heteroatoms. The van der Waals surface area contributed by atoms with Crippen molar-refractivity contribution in [2.24, 2.45) is 0 Å². The van der Waals surface area contributed by atoms with Crippen molar-refractivity contribution in [3.63, 3.8) is 0 Å². The number of ether oxygens (including phenoxy) is 2.